The van der Waals surface area contributed by atoms with E-state index in [0.717, 1.165) is 37.5 Å². The van der Waals surface area contributed by atoms with Gasteiger partial charge >= 0.3 is 5.97 Å². The second-order valence-electron chi connectivity index (χ2n) is 9.64. The summed E-state index contributed by atoms with van der Waals surface area (Å²) in [4.78, 5) is 25.1. The van der Waals surface area contributed by atoms with Crippen molar-refractivity contribution < 1.29 is 24.5 Å². The summed E-state index contributed by atoms with van der Waals surface area (Å²) in [6.45, 7) is 4.13. The van der Waals surface area contributed by atoms with Gasteiger partial charge in [-0.3, -0.25) is 9.59 Å². The first-order valence-electron chi connectivity index (χ1n) is 10.1. The highest BCUT2D eigenvalue weighted by atomic mass is 16.6. The van der Waals surface area contributed by atoms with E-state index in [0.29, 0.717) is 24.8 Å². The largest absolute Gasteiger partial charge is 0.462 e. The van der Waals surface area contributed by atoms with Gasteiger partial charge < -0.3 is 14.9 Å². The number of esters is 1. The van der Waals surface area contributed by atoms with Crippen LogP contribution in [0.25, 0.3) is 0 Å². The molecular formula is C21H28O5. The molecule has 0 aromatic rings. The van der Waals surface area contributed by atoms with Crippen LogP contribution in [0.5, 0.6) is 0 Å². The number of carbonyl (C=O) groups is 2. The Hall–Kier alpha value is -1.20. The van der Waals surface area contributed by atoms with Crippen LogP contribution in [0.1, 0.15) is 58.8 Å². The first kappa shape index (κ1) is 16.9. The minimum absolute atomic E-state index is 0.0416. The van der Waals surface area contributed by atoms with E-state index in [4.69, 9.17) is 4.74 Å². The smallest absolute Gasteiger partial charge is 0.315 e. The number of hydrogen-bond acceptors (Lipinski definition) is 5. The van der Waals surface area contributed by atoms with Crippen molar-refractivity contribution >= 4 is 12.3 Å². The van der Waals surface area contributed by atoms with E-state index in [2.05, 4.69) is 6.92 Å². The van der Waals surface area contributed by atoms with Gasteiger partial charge in [0.15, 0.2) is 0 Å². The van der Waals surface area contributed by atoms with Crippen LogP contribution in [0, 0.1) is 28.6 Å². The molecule has 5 aliphatic rings. The Morgan fingerprint density at radius 3 is 2.62 bits per heavy atom. The molecular weight excluding hydrogens is 332 g/mol. The lowest BCUT2D eigenvalue weighted by molar-refractivity contribution is -0.183. The number of fused-ring (bicyclic) bond motifs is 4. The Kier molecular flexibility index (Phi) is 3.25. The zero-order valence-electron chi connectivity index (χ0n) is 15.5. The van der Waals surface area contributed by atoms with E-state index in [1.54, 1.807) is 0 Å². The third-order valence-corrected chi connectivity index (χ3v) is 8.99. The van der Waals surface area contributed by atoms with Crippen LogP contribution in [0.3, 0.4) is 0 Å². The highest BCUT2D eigenvalue weighted by Gasteiger charge is 2.77. The van der Waals surface area contributed by atoms with E-state index >= 15 is 0 Å². The van der Waals surface area contributed by atoms with Crippen LogP contribution in [-0.2, 0) is 14.3 Å². The highest BCUT2D eigenvalue weighted by Crippen LogP contribution is 2.72. The van der Waals surface area contributed by atoms with Crippen LogP contribution in [-0.4, -0.2) is 40.3 Å². The van der Waals surface area contributed by atoms with Gasteiger partial charge in [-0.2, -0.15) is 0 Å². The minimum Gasteiger partial charge on any atom is -0.462 e. The van der Waals surface area contributed by atoms with Crippen molar-refractivity contribution in [3.05, 3.63) is 11.1 Å². The van der Waals surface area contributed by atoms with Gasteiger partial charge in [-0.05, 0) is 68.8 Å². The molecule has 0 unspecified atom stereocenters. The lowest BCUT2D eigenvalue weighted by Crippen LogP contribution is -2.60. The molecule has 26 heavy (non-hydrogen) atoms. The van der Waals surface area contributed by atoms with E-state index in [1.165, 1.54) is 0 Å². The van der Waals surface area contributed by atoms with Gasteiger partial charge in [0.2, 0.25) is 0 Å². The van der Waals surface area contributed by atoms with Crippen molar-refractivity contribution in [3.63, 3.8) is 0 Å². The molecule has 0 aromatic carbocycles. The lowest BCUT2D eigenvalue weighted by Gasteiger charge is -2.53. The Morgan fingerprint density at radius 1 is 1.15 bits per heavy atom. The molecule has 0 aromatic heterocycles. The van der Waals surface area contributed by atoms with Gasteiger partial charge in [-0.1, -0.05) is 12.5 Å². The number of cyclic esters (lactones) is 1. The van der Waals surface area contributed by atoms with Crippen molar-refractivity contribution in [2.75, 3.05) is 0 Å². The van der Waals surface area contributed by atoms with Crippen LogP contribution < -0.4 is 0 Å². The van der Waals surface area contributed by atoms with Gasteiger partial charge in [0, 0.05) is 11.8 Å². The molecule has 142 valence electrons. The van der Waals surface area contributed by atoms with Crippen molar-refractivity contribution in [2.45, 2.75) is 76.6 Å². The maximum Gasteiger partial charge on any atom is 0.315 e. The summed E-state index contributed by atoms with van der Waals surface area (Å²) >= 11 is 0. The molecule has 0 bridgehead atoms. The molecule has 1 aliphatic heterocycles. The maximum absolute atomic E-state index is 12.9. The molecule has 1 heterocycles. The first-order valence-corrected chi connectivity index (χ1v) is 10.1. The molecule has 5 rings (SSSR count). The summed E-state index contributed by atoms with van der Waals surface area (Å²) in [6.07, 6.45) is 5.24. The topological polar surface area (TPSA) is 83.8 Å². The van der Waals surface area contributed by atoms with Gasteiger partial charge in [0.25, 0.3) is 0 Å². The van der Waals surface area contributed by atoms with Crippen molar-refractivity contribution in [1.82, 2.24) is 0 Å². The molecule has 4 aliphatic carbocycles. The fourth-order valence-electron chi connectivity index (χ4n) is 7.84. The maximum atomic E-state index is 12.9. The molecule has 0 amide bonds. The Labute approximate surface area is 153 Å². The molecule has 5 nitrogen and oxygen atoms in total. The normalized spacial score (nSPS) is 55.1. The third-order valence-electron chi connectivity index (χ3n) is 8.99. The van der Waals surface area contributed by atoms with Crippen LogP contribution >= 0.6 is 0 Å². The lowest BCUT2D eigenvalue weighted by atomic mass is 9.51. The Bertz CT molecular complexity index is 728. The number of rotatable bonds is 1. The van der Waals surface area contributed by atoms with E-state index in [-0.39, 0.29) is 35.2 Å². The van der Waals surface area contributed by atoms with Crippen LogP contribution in [0.2, 0.25) is 0 Å². The van der Waals surface area contributed by atoms with Gasteiger partial charge in [-0.25, -0.2) is 0 Å². The zero-order chi connectivity index (χ0) is 18.5. The number of ether oxygens (including phenoxy) is 1. The number of carbonyl (C=O) groups excluding carboxylic acids is 2. The number of aldehydes is 1. The van der Waals surface area contributed by atoms with Gasteiger partial charge in [-0.15, -0.1) is 0 Å². The van der Waals surface area contributed by atoms with Gasteiger partial charge in [0.05, 0.1) is 11.7 Å². The molecule has 4 fully saturated rings. The second-order valence-corrected chi connectivity index (χ2v) is 9.64. The number of hydrogen-bond donors (Lipinski definition) is 2. The number of aliphatic hydroxyl groups is 2. The predicted molar refractivity (Wildman–Crippen MR) is 92.9 cm³/mol. The molecule has 8 atom stereocenters. The minimum atomic E-state index is -1.20. The predicted octanol–water partition coefficient (Wildman–Crippen LogP) is 2.15. The molecule has 0 radical (unpaired) electrons. The van der Waals surface area contributed by atoms with Crippen molar-refractivity contribution in [1.29, 1.82) is 0 Å². The van der Waals surface area contributed by atoms with Gasteiger partial charge in [0.1, 0.15) is 17.8 Å². The summed E-state index contributed by atoms with van der Waals surface area (Å²) < 4.78 is 5.59. The van der Waals surface area contributed by atoms with E-state index < -0.39 is 17.1 Å². The summed E-state index contributed by atoms with van der Waals surface area (Å²) in [5.74, 6) is -0.353. The first-order chi connectivity index (χ1) is 12.3. The van der Waals surface area contributed by atoms with E-state index in [1.807, 2.05) is 6.92 Å². The molecule has 2 N–H and O–H groups in total. The van der Waals surface area contributed by atoms with Crippen molar-refractivity contribution in [3.8, 4) is 0 Å². The van der Waals surface area contributed by atoms with Crippen LogP contribution in [0.15, 0.2) is 11.1 Å². The summed E-state index contributed by atoms with van der Waals surface area (Å²) in [5.41, 5.74) is -0.494. The average Bonchev–Trinajstić information content (AvgIpc) is 3.14. The standard InChI is InChI=1S/C21H28O5/c1-11-14-5-8-21(25)17-13(10-22)16-9-12(23)3-6-19(16,2)15(17)4-7-20(14,21)18(24)26-11/h10-12,14-15,17,23,25H,3-9H2,1-2H3/t11-,12+,14-,15+,17-,19-,20-,21+/m1/s1. The van der Waals surface area contributed by atoms with Crippen LogP contribution in [0.4, 0.5) is 0 Å². The molecule has 1 spiro atoms. The Balaban J connectivity index is 1.68. The SMILES string of the molecule is C[C@H]1OC(=O)[C@]23CC[C@H]4[C@@H](C(C=O)=C5C[C@@H](O)CC[C@@]54C)[C@@]2(O)CC[C@H]13. The highest BCUT2D eigenvalue weighted by molar-refractivity contribution is 5.85. The molecule has 3 saturated carbocycles. The monoisotopic (exact) mass is 360 g/mol. The third kappa shape index (κ3) is 1.62. The van der Waals surface area contributed by atoms with E-state index in [9.17, 15) is 19.8 Å². The second kappa shape index (κ2) is 4.99. The average molecular weight is 360 g/mol. The zero-order valence-corrected chi connectivity index (χ0v) is 15.5. The fourth-order valence-corrected chi connectivity index (χ4v) is 7.84. The summed E-state index contributed by atoms with van der Waals surface area (Å²) in [6, 6.07) is 0. The number of aliphatic hydroxyl groups excluding tert-OH is 1. The Morgan fingerprint density at radius 2 is 1.88 bits per heavy atom. The van der Waals surface area contributed by atoms with Crippen molar-refractivity contribution in [2.24, 2.45) is 28.6 Å². The molecule has 1 saturated heterocycles. The fraction of sp³-hybridized carbons (Fsp3) is 0.810. The molecule has 5 heteroatoms. The quantitative estimate of drug-likeness (QED) is 0.553. The summed E-state index contributed by atoms with van der Waals surface area (Å²) in [5, 5.41) is 22.2. The summed E-state index contributed by atoms with van der Waals surface area (Å²) in [7, 11) is 0.